The van der Waals surface area contributed by atoms with E-state index in [0.717, 1.165) is 0 Å². The van der Waals surface area contributed by atoms with Gasteiger partial charge in [-0.1, -0.05) is 12.1 Å². The zero-order chi connectivity index (χ0) is 14.5. The number of hydrogen-bond donors (Lipinski definition) is 2. The van der Waals surface area contributed by atoms with Crippen LogP contribution < -0.4 is 15.2 Å². The molecule has 0 atom stereocenters. The Bertz CT molecular complexity index is 629. The standard InChI is InChI=1S/C15H15FN2O2/c1-19-12-3-2-4-13(8-12)20-9-10-5-6-11(16)7-14(10)15(17)18/h2-8H,9H2,1H3,(H3,17,18). The summed E-state index contributed by atoms with van der Waals surface area (Å²) in [6, 6.07) is 11.3. The second-order valence-electron chi connectivity index (χ2n) is 4.18. The molecule has 2 aromatic rings. The minimum Gasteiger partial charge on any atom is -0.497 e. The molecule has 0 saturated carbocycles. The highest BCUT2D eigenvalue weighted by atomic mass is 19.1. The van der Waals surface area contributed by atoms with Crippen LogP contribution in [-0.2, 0) is 6.61 Å². The average Bonchev–Trinajstić information content (AvgIpc) is 2.46. The zero-order valence-corrected chi connectivity index (χ0v) is 11.0. The van der Waals surface area contributed by atoms with Crippen LogP contribution in [0.1, 0.15) is 11.1 Å². The van der Waals surface area contributed by atoms with E-state index in [1.54, 1.807) is 25.3 Å². The lowest BCUT2D eigenvalue weighted by molar-refractivity contribution is 0.303. The molecule has 0 aliphatic rings. The topological polar surface area (TPSA) is 68.3 Å². The molecule has 104 valence electrons. The van der Waals surface area contributed by atoms with Crippen LogP contribution in [0.4, 0.5) is 4.39 Å². The first-order valence-corrected chi connectivity index (χ1v) is 6.00. The van der Waals surface area contributed by atoms with Crippen molar-refractivity contribution in [3.05, 3.63) is 59.4 Å². The summed E-state index contributed by atoms with van der Waals surface area (Å²) in [6.45, 7) is 0.197. The van der Waals surface area contributed by atoms with E-state index in [9.17, 15) is 4.39 Å². The maximum Gasteiger partial charge on any atom is 0.123 e. The molecule has 0 heterocycles. The third-order valence-corrected chi connectivity index (χ3v) is 2.80. The summed E-state index contributed by atoms with van der Waals surface area (Å²) in [5, 5.41) is 7.46. The summed E-state index contributed by atoms with van der Waals surface area (Å²) in [4.78, 5) is 0. The van der Waals surface area contributed by atoms with E-state index in [4.69, 9.17) is 20.6 Å². The number of amidine groups is 1. The number of halogens is 1. The molecule has 2 rings (SSSR count). The molecular weight excluding hydrogens is 259 g/mol. The molecule has 3 N–H and O–H groups in total. The second kappa shape index (κ2) is 6.06. The van der Waals surface area contributed by atoms with Crippen molar-refractivity contribution in [1.29, 1.82) is 5.41 Å². The quantitative estimate of drug-likeness (QED) is 0.650. The van der Waals surface area contributed by atoms with E-state index in [1.165, 1.54) is 12.1 Å². The van der Waals surface area contributed by atoms with Crippen molar-refractivity contribution in [3.63, 3.8) is 0 Å². The van der Waals surface area contributed by atoms with E-state index in [0.29, 0.717) is 22.6 Å². The van der Waals surface area contributed by atoms with Crippen LogP contribution in [0.15, 0.2) is 42.5 Å². The molecule has 0 aliphatic heterocycles. The summed E-state index contributed by atoms with van der Waals surface area (Å²) >= 11 is 0. The first-order valence-electron chi connectivity index (χ1n) is 6.00. The summed E-state index contributed by atoms with van der Waals surface area (Å²) < 4.78 is 23.9. The Morgan fingerprint density at radius 2 is 1.95 bits per heavy atom. The van der Waals surface area contributed by atoms with Crippen molar-refractivity contribution in [1.82, 2.24) is 0 Å². The van der Waals surface area contributed by atoms with E-state index in [1.807, 2.05) is 12.1 Å². The molecule has 0 fully saturated rings. The Morgan fingerprint density at radius 3 is 2.65 bits per heavy atom. The summed E-state index contributed by atoms with van der Waals surface area (Å²) in [5.74, 6) is 0.700. The minimum atomic E-state index is -0.430. The molecule has 2 aromatic carbocycles. The minimum absolute atomic E-state index is 0.186. The Morgan fingerprint density at radius 1 is 1.20 bits per heavy atom. The van der Waals surface area contributed by atoms with Gasteiger partial charge >= 0.3 is 0 Å². The van der Waals surface area contributed by atoms with Gasteiger partial charge in [0.1, 0.15) is 29.8 Å². The third kappa shape index (κ3) is 3.26. The molecule has 0 amide bonds. The zero-order valence-electron chi connectivity index (χ0n) is 11.0. The number of methoxy groups -OCH3 is 1. The van der Waals surface area contributed by atoms with Gasteiger partial charge < -0.3 is 15.2 Å². The van der Waals surface area contributed by atoms with E-state index in [-0.39, 0.29) is 12.4 Å². The van der Waals surface area contributed by atoms with Crippen LogP contribution in [0, 0.1) is 11.2 Å². The van der Waals surface area contributed by atoms with Crippen LogP contribution in [0.5, 0.6) is 11.5 Å². The lowest BCUT2D eigenvalue weighted by atomic mass is 10.1. The van der Waals surface area contributed by atoms with Gasteiger partial charge in [0.15, 0.2) is 0 Å². The molecule has 0 aromatic heterocycles. The Hall–Kier alpha value is -2.56. The van der Waals surface area contributed by atoms with E-state index < -0.39 is 5.82 Å². The fourth-order valence-electron chi connectivity index (χ4n) is 1.78. The molecule has 0 saturated heterocycles. The maximum absolute atomic E-state index is 13.2. The number of nitrogens with one attached hydrogen (secondary N) is 1. The van der Waals surface area contributed by atoms with Crippen molar-refractivity contribution in [3.8, 4) is 11.5 Å². The average molecular weight is 274 g/mol. The highest BCUT2D eigenvalue weighted by Crippen LogP contribution is 2.21. The molecule has 0 bridgehead atoms. The molecule has 0 radical (unpaired) electrons. The van der Waals surface area contributed by atoms with Crippen molar-refractivity contribution in [2.24, 2.45) is 5.73 Å². The second-order valence-corrected chi connectivity index (χ2v) is 4.18. The largest absolute Gasteiger partial charge is 0.497 e. The van der Waals surface area contributed by atoms with Crippen molar-refractivity contribution < 1.29 is 13.9 Å². The summed E-state index contributed by atoms with van der Waals surface area (Å²) in [6.07, 6.45) is 0. The summed E-state index contributed by atoms with van der Waals surface area (Å²) in [5.41, 5.74) is 6.43. The van der Waals surface area contributed by atoms with Gasteiger partial charge in [-0.25, -0.2) is 4.39 Å². The fourth-order valence-corrected chi connectivity index (χ4v) is 1.78. The third-order valence-electron chi connectivity index (χ3n) is 2.80. The summed E-state index contributed by atoms with van der Waals surface area (Å²) in [7, 11) is 1.58. The first-order chi connectivity index (χ1) is 9.60. The predicted molar refractivity (Wildman–Crippen MR) is 74.7 cm³/mol. The Kier molecular flexibility index (Phi) is 4.20. The van der Waals surface area contributed by atoms with Gasteiger partial charge in [0.25, 0.3) is 0 Å². The van der Waals surface area contributed by atoms with Gasteiger partial charge in [-0.15, -0.1) is 0 Å². The predicted octanol–water partition coefficient (Wildman–Crippen LogP) is 2.70. The van der Waals surface area contributed by atoms with Crippen LogP contribution in [0.25, 0.3) is 0 Å². The van der Waals surface area contributed by atoms with Gasteiger partial charge in [-0.05, 0) is 24.3 Å². The Balaban J connectivity index is 2.16. The SMILES string of the molecule is COc1cccc(OCc2ccc(F)cc2C(=N)N)c1. The van der Waals surface area contributed by atoms with Crippen LogP contribution >= 0.6 is 0 Å². The van der Waals surface area contributed by atoms with Gasteiger partial charge in [-0.2, -0.15) is 0 Å². The fraction of sp³-hybridized carbons (Fsp3) is 0.133. The highest BCUT2D eigenvalue weighted by molar-refractivity contribution is 5.96. The molecule has 0 spiro atoms. The molecule has 0 aliphatic carbocycles. The molecule has 0 unspecified atom stereocenters. The van der Waals surface area contributed by atoms with Gasteiger partial charge in [0.05, 0.1) is 7.11 Å². The lowest BCUT2D eigenvalue weighted by Gasteiger charge is -2.11. The van der Waals surface area contributed by atoms with Crippen molar-refractivity contribution in [2.75, 3.05) is 7.11 Å². The number of nitrogens with two attached hydrogens (primary N) is 1. The number of hydrogen-bond acceptors (Lipinski definition) is 3. The van der Waals surface area contributed by atoms with Crippen molar-refractivity contribution in [2.45, 2.75) is 6.61 Å². The smallest absolute Gasteiger partial charge is 0.123 e. The highest BCUT2D eigenvalue weighted by Gasteiger charge is 2.08. The number of nitrogen functional groups attached to an aromatic ring is 1. The van der Waals surface area contributed by atoms with Crippen molar-refractivity contribution >= 4 is 5.84 Å². The van der Waals surface area contributed by atoms with Crippen LogP contribution in [0.2, 0.25) is 0 Å². The van der Waals surface area contributed by atoms with Gasteiger partial charge in [-0.3, -0.25) is 5.41 Å². The first kappa shape index (κ1) is 13.9. The molecule has 4 nitrogen and oxygen atoms in total. The normalized spacial score (nSPS) is 10.1. The molecule has 5 heteroatoms. The Labute approximate surface area is 116 Å². The molecule has 20 heavy (non-hydrogen) atoms. The van der Waals surface area contributed by atoms with Crippen LogP contribution in [0.3, 0.4) is 0 Å². The van der Waals surface area contributed by atoms with Gasteiger partial charge in [0, 0.05) is 17.2 Å². The maximum atomic E-state index is 13.2. The number of ether oxygens (including phenoxy) is 2. The van der Waals surface area contributed by atoms with E-state index in [2.05, 4.69) is 0 Å². The van der Waals surface area contributed by atoms with Crippen LogP contribution in [-0.4, -0.2) is 12.9 Å². The lowest BCUT2D eigenvalue weighted by Crippen LogP contribution is -2.15. The monoisotopic (exact) mass is 274 g/mol. The molecular formula is C15H15FN2O2. The van der Waals surface area contributed by atoms with E-state index >= 15 is 0 Å². The number of benzene rings is 2. The number of rotatable bonds is 5. The van der Waals surface area contributed by atoms with Gasteiger partial charge in [0.2, 0.25) is 0 Å².